The van der Waals surface area contributed by atoms with Gasteiger partial charge in [-0.1, -0.05) is 36.2 Å². The lowest BCUT2D eigenvalue weighted by Gasteiger charge is -2.31. The van der Waals surface area contributed by atoms with Gasteiger partial charge in [-0.2, -0.15) is 0 Å². The highest BCUT2D eigenvalue weighted by atomic mass is 16.2. The number of hydrogen-bond donors (Lipinski definition) is 0. The summed E-state index contributed by atoms with van der Waals surface area (Å²) < 4.78 is 1.80. The lowest BCUT2D eigenvalue weighted by Crippen LogP contribution is -2.40. The van der Waals surface area contributed by atoms with Crippen molar-refractivity contribution < 1.29 is 9.59 Å². The number of rotatable bonds is 3. The molecule has 5 rings (SSSR count). The van der Waals surface area contributed by atoms with Gasteiger partial charge in [0.2, 0.25) is 0 Å². The minimum absolute atomic E-state index is 0.00803. The first-order chi connectivity index (χ1) is 16.0. The second-order valence-corrected chi connectivity index (χ2v) is 9.32. The number of nitrogens with zero attached hydrogens (tertiary/aromatic N) is 3. The van der Waals surface area contributed by atoms with Gasteiger partial charge in [-0.15, -0.1) is 0 Å². The maximum Gasteiger partial charge on any atom is 0.261 e. The molecule has 0 atom stereocenters. The Morgan fingerprint density at radius 3 is 2.39 bits per heavy atom. The van der Waals surface area contributed by atoms with Crippen LogP contribution in [0.25, 0.3) is 10.9 Å². The summed E-state index contributed by atoms with van der Waals surface area (Å²) in [6.45, 7) is 3.83. The van der Waals surface area contributed by atoms with Crippen LogP contribution in [0.3, 0.4) is 0 Å². The van der Waals surface area contributed by atoms with Crippen LogP contribution >= 0.6 is 0 Å². The Hall–Kier alpha value is -3.28. The van der Waals surface area contributed by atoms with E-state index in [1.165, 1.54) is 0 Å². The highest BCUT2D eigenvalue weighted by molar-refractivity contribution is 5.99. The summed E-state index contributed by atoms with van der Waals surface area (Å²) in [6, 6.07) is 12.9. The van der Waals surface area contributed by atoms with Crippen LogP contribution in [-0.2, 0) is 13.0 Å². The molecule has 1 aromatic heterocycles. The molecule has 2 aromatic carbocycles. The van der Waals surface area contributed by atoms with Crippen LogP contribution in [0.5, 0.6) is 0 Å². The minimum Gasteiger partial charge on any atom is -0.339 e. The lowest BCUT2D eigenvalue weighted by atomic mass is 9.88. The van der Waals surface area contributed by atoms with Crippen molar-refractivity contribution in [2.75, 3.05) is 13.1 Å². The van der Waals surface area contributed by atoms with Crippen molar-refractivity contribution in [3.63, 3.8) is 0 Å². The molecule has 2 aliphatic heterocycles. The molecule has 1 fully saturated rings. The number of fused-ring (bicyclic) bond motifs is 2. The van der Waals surface area contributed by atoms with E-state index in [0.29, 0.717) is 48.9 Å². The lowest BCUT2D eigenvalue weighted by molar-refractivity contribution is 0.0650. The third kappa shape index (κ3) is 4.22. The first-order valence-electron chi connectivity index (χ1n) is 11.9. The van der Waals surface area contributed by atoms with E-state index in [1.54, 1.807) is 22.8 Å². The number of carbonyl (C=O) groups is 2. The molecule has 1 saturated heterocycles. The van der Waals surface area contributed by atoms with Crippen molar-refractivity contribution in [2.24, 2.45) is 5.92 Å². The Morgan fingerprint density at radius 1 is 0.909 bits per heavy atom. The Bertz CT molecular complexity index is 1270. The van der Waals surface area contributed by atoms with Gasteiger partial charge in [0, 0.05) is 43.1 Å². The second kappa shape index (κ2) is 8.93. The van der Waals surface area contributed by atoms with E-state index in [1.807, 2.05) is 36.1 Å². The number of aryl methyl sites for hydroxylation is 2. The molecule has 6 nitrogen and oxygen atoms in total. The first-order valence-corrected chi connectivity index (χ1v) is 11.9. The van der Waals surface area contributed by atoms with Crippen molar-refractivity contribution in [2.45, 2.75) is 52.0 Å². The molecular weight excluding hydrogens is 414 g/mol. The fraction of sp³-hybridized carbons (Fsp3) is 0.407. The van der Waals surface area contributed by atoms with Crippen molar-refractivity contribution in [1.82, 2.24) is 14.5 Å². The number of hydrogen-bond acceptors (Lipinski definition) is 4. The fourth-order valence-electron chi connectivity index (χ4n) is 5.03. The van der Waals surface area contributed by atoms with Crippen molar-refractivity contribution in [3.8, 4) is 0 Å². The van der Waals surface area contributed by atoms with Gasteiger partial charge in [-0.05, 0) is 50.8 Å². The van der Waals surface area contributed by atoms with Gasteiger partial charge in [0.15, 0.2) is 5.78 Å². The predicted octanol–water partition coefficient (Wildman–Crippen LogP) is 4.17. The van der Waals surface area contributed by atoms with E-state index in [9.17, 15) is 14.4 Å². The number of aromatic nitrogens is 2. The summed E-state index contributed by atoms with van der Waals surface area (Å²) >= 11 is 0. The molecule has 3 heterocycles. The van der Waals surface area contributed by atoms with E-state index < -0.39 is 0 Å². The van der Waals surface area contributed by atoms with Crippen LogP contribution < -0.4 is 5.56 Å². The summed E-state index contributed by atoms with van der Waals surface area (Å²) in [5.74, 6) is 0.878. The maximum absolute atomic E-state index is 13.2. The zero-order chi connectivity index (χ0) is 22.9. The summed E-state index contributed by atoms with van der Waals surface area (Å²) in [4.78, 5) is 45.5. The number of ketones is 1. The zero-order valence-corrected chi connectivity index (χ0v) is 19.0. The van der Waals surface area contributed by atoms with E-state index in [0.717, 1.165) is 42.6 Å². The van der Waals surface area contributed by atoms with Gasteiger partial charge in [0.05, 0.1) is 10.9 Å². The highest BCUT2D eigenvalue weighted by Gasteiger charge is 2.28. The normalized spacial score (nSPS) is 16.9. The molecule has 33 heavy (non-hydrogen) atoms. The third-order valence-electron chi connectivity index (χ3n) is 7.05. The Morgan fingerprint density at radius 2 is 1.64 bits per heavy atom. The van der Waals surface area contributed by atoms with Gasteiger partial charge < -0.3 is 4.90 Å². The smallest absolute Gasteiger partial charge is 0.261 e. The number of likely N-dealkylation sites (tertiary alicyclic amines) is 1. The number of Topliss-reactive ketones (excluding diaryl/α,β-unsaturated/α-hetero) is 1. The number of carbonyl (C=O) groups excluding carboxylic acids is 2. The third-order valence-corrected chi connectivity index (χ3v) is 7.05. The van der Waals surface area contributed by atoms with Crippen LogP contribution in [0.4, 0.5) is 0 Å². The maximum atomic E-state index is 13.2. The largest absolute Gasteiger partial charge is 0.339 e. The monoisotopic (exact) mass is 443 g/mol. The Kier molecular flexibility index (Phi) is 5.83. The Labute approximate surface area is 193 Å². The molecule has 0 unspecified atom stereocenters. The molecule has 0 aliphatic carbocycles. The zero-order valence-electron chi connectivity index (χ0n) is 19.0. The van der Waals surface area contributed by atoms with Crippen molar-refractivity contribution in [3.05, 3.63) is 75.3 Å². The quantitative estimate of drug-likeness (QED) is 0.570. The number of piperidine rings is 1. The topological polar surface area (TPSA) is 72.3 Å². The van der Waals surface area contributed by atoms with E-state index >= 15 is 0 Å². The molecule has 170 valence electrons. The molecule has 1 amide bonds. The number of amides is 1. The highest BCUT2D eigenvalue weighted by Crippen LogP contribution is 2.24. The fourth-order valence-corrected chi connectivity index (χ4v) is 5.03. The van der Waals surface area contributed by atoms with E-state index in [4.69, 9.17) is 4.98 Å². The Balaban J connectivity index is 1.31. The molecule has 0 N–H and O–H groups in total. The van der Waals surface area contributed by atoms with Gasteiger partial charge in [-0.25, -0.2) is 4.98 Å². The summed E-state index contributed by atoms with van der Waals surface area (Å²) in [5, 5.41) is 0.569. The van der Waals surface area contributed by atoms with E-state index in [-0.39, 0.29) is 23.2 Å². The SMILES string of the molecule is Cc1ccc(C(=O)C2CCN(C(=O)c3ccc4c(=O)n5c(nc4c3)CCCCC5)CC2)cc1. The van der Waals surface area contributed by atoms with Gasteiger partial charge in [0.25, 0.3) is 11.5 Å². The van der Waals surface area contributed by atoms with Gasteiger partial charge in [-0.3, -0.25) is 19.0 Å². The van der Waals surface area contributed by atoms with Crippen LogP contribution in [0.2, 0.25) is 0 Å². The van der Waals surface area contributed by atoms with Gasteiger partial charge >= 0.3 is 0 Å². The first kappa shape index (κ1) is 21.6. The molecule has 0 spiro atoms. The van der Waals surface area contributed by atoms with Gasteiger partial charge in [0.1, 0.15) is 5.82 Å². The van der Waals surface area contributed by atoms with Crippen LogP contribution in [0.15, 0.2) is 47.3 Å². The molecule has 0 bridgehead atoms. The summed E-state index contributed by atoms with van der Waals surface area (Å²) in [5.41, 5.74) is 3.03. The van der Waals surface area contributed by atoms with Crippen molar-refractivity contribution >= 4 is 22.6 Å². The van der Waals surface area contributed by atoms with Crippen LogP contribution in [-0.4, -0.2) is 39.2 Å². The molecule has 6 heteroatoms. The standard InChI is InChI=1S/C27H29N3O3/c1-18-6-8-19(9-7-18)25(31)20-12-15-29(16-13-20)26(32)21-10-11-22-23(17-21)28-24-5-3-2-4-14-30(24)27(22)33/h6-11,17,20H,2-5,12-16H2,1H3. The number of benzene rings is 2. The van der Waals surface area contributed by atoms with Crippen molar-refractivity contribution in [1.29, 1.82) is 0 Å². The minimum atomic E-state index is -0.0602. The molecule has 2 aliphatic rings. The predicted molar refractivity (Wildman–Crippen MR) is 128 cm³/mol. The van der Waals surface area contributed by atoms with Crippen LogP contribution in [0.1, 0.15) is 64.2 Å². The average molecular weight is 444 g/mol. The molecule has 3 aromatic rings. The summed E-state index contributed by atoms with van der Waals surface area (Å²) in [6.07, 6.45) is 5.27. The molecular formula is C27H29N3O3. The average Bonchev–Trinajstić information content (AvgIpc) is 3.09. The second-order valence-electron chi connectivity index (χ2n) is 9.32. The molecule has 0 radical (unpaired) electrons. The summed E-state index contributed by atoms with van der Waals surface area (Å²) in [7, 11) is 0. The van der Waals surface area contributed by atoms with E-state index in [2.05, 4.69) is 0 Å². The molecule has 0 saturated carbocycles. The van der Waals surface area contributed by atoms with Crippen LogP contribution in [0, 0.1) is 12.8 Å².